The van der Waals surface area contributed by atoms with Crippen LogP contribution in [0.25, 0.3) is 22.4 Å². The van der Waals surface area contributed by atoms with E-state index >= 15 is 0 Å². The van der Waals surface area contributed by atoms with Crippen LogP contribution < -0.4 is 24.8 Å². The Morgan fingerprint density at radius 1 is 0.962 bits per heavy atom. The van der Waals surface area contributed by atoms with E-state index in [9.17, 15) is 9.90 Å². The molecule has 3 N–H and O–H groups in total. The number of nitrogens with one attached hydrogen (secondary N) is 2. The lowest BCUT2D eigenvalue weighted by atomic mass is 9.82. The Morgan fingerprint density at radius 3 is 2.51 bits per heavy atom. The molecule has 7 rings (SSSR count). The van der Waals surface area contributed by atoms with Crippen LogP contribution in [0.15, 0.2) is 54.6 Å². The van der Waals surface area contributed by atoms with Gasteiger partial charge in [0, 0.05) is 72.9 Å². The maximum Gasteiger partial charge on any atom is 0.236 e. The number of pyridine rings is 2. The number of methoxy groups -OCH3 is 2. The zero-order valence-electron chi connectivity index (χ0n) is 30.5. The average Bonchev–Trinajstić information content (AvgIpc) is 3.78. The highest BCUT2D eigenvalue weighted by Gasteiger charge is 2.32. The second kappa shape index (κ2) is 16.2. The first-order valence-corrected chi connectivity index (χ1v) is 19.1. The fraction of sp³-hybridized carbons (Fsp3) is 0.439. The van der Waals surface area contributed by atoms with Gasteiger partial charge in [0.15, 0.2) is 0 Å². The summed E-state index contributed by atoms with van der Waals surface area (Å²) in [6.07, 6.45) is 4.79. The Hall–Kier alpha value is -3.93. The second-order valence-corrected chi connectivity index (χ2v) is 15.5. The standard InChI is InChI=1S/C41H47Cl2N5O5/c1-41(24-49)17-6-18-48(23-41)22-26-19-33(42)40(47-39(26)52-3)53-35-15-13-29-28(7-4-8-30(29)35)31-9-5-10-32(37(31)43)34-14-11-25(38(46-34)51-2)20-44-21-27-12-16-36(50)45-27/h4-5,7-11,14,19,27,35,44,49H,6,12-13,15-18,20-24H2,1-3H3,(H,45,50)/t27-,35-,41?/m0/s1. The summed E-state index contributed by atoms with van der Waals surface area (Å²) in [5.74, 6) is 1.47. The van der Waals surface area contributed by atoms with Crippen LogP contribution in [0.1, 0.15) is 67.4 Å². The van der Waals surface area contributed by atoms with E-state index in [2.05, 4.69) is 34.6 Å². The Labute approximate surface area is 321 Å². The number of likely N-dealkylation sites (tertiary alicyclic amines) is 1. The van der Waals surface area contributed by atoms with Gasteiger partial charge in [-0.3, -0.25) is 9.69 Å². The molecule has 2 saturated heterocycles. The molecule has 12 heteroatoms. The molecule has 0 bridgehead atoms. The average molecular weight is 761 g/mol. The summed E-state index contributed by atoms with van der Waals surface area (Å²) in [6.45, 7) is 5.93. The molecule has 4 heterocycles. The van der Waals surface area contributed by atoms with Gasteiger partial charge in [0.2, 0.25) is 23.5 Å². The summed E-state index contributed by atoms with van der Waals surface area (Å²) >= 11 is 14.0. The van der Waals surface area contributed by atoms with Gasteiger partial charge in [0.05, 0.1) is 24.9 Å². The number of carbonyl (C=O) groups is 1. The van der Waals surface area contributed by atoms with Crippen LogP contribution in [0.2, 0.25) is 10.0 Å². The molecule has 53 heavy (non-hydrogen) atoms. The Bertz CT molecular complexity index is 1980. The summed E-state index contributed by atoms with van der Waals surface area (Å²) in [7, 11) is 3.23. The molecule has 280 valence electrons. The van der Waals surface area contributed by atoms with E-state index < -0.39 is 0 Å². The third-order valence-electron chi connectivity index (χ3n) is 10.8. The van der Waals surface area contributed by atoms with Crippen molar-refractivity contribution in [1.82, 2.24) is 25.5 Å². The van der Waals surface area contributed by atoms with E-state index in [1.54, 1.807) is 14.2 Å². The number of carbonyl (C=O) groups excluding carboxylic acids is 1. The number of piperidine rings is 1. The lowest BCUT2D eigenvalue weighted by Gasteiger charge is -2.39. The Kier molecular flexibility index (Phi) is 11.4. The highest BCUT2D eigenvalue weighted by atomic mass is 35.5. The normalized spacial score (nSPS) is 21.4. The smallest absolute Gasteiger partial charge is 0.236 e. The van der Waals surface area contributed by atoms with Gasteiger partial charge in [0.1, 0.15) is 11.1 Å². The number of fused-ring (bicyclic) bond motifs is 1. The molecule has 0 spiro atoms. The van der Waals surface area contributed by atoms with Crippen LogP contribution >= 0.6 is 23.2 Å². The number of rotatable bonds is 13. The molecule has 1 amide bonds. The van der Waals surface area contributed by atoms with Gasteiger partial charge in [0.25, 0.3) is 0 Å². The van der Waals surface area contributed by atoms with Crippen molar-refractivity contribution in [3.63, 3.8) is 0 Å². The predicted molar refractivity (Wildman–Crippen MR) is 207 cm³/mol. The summed E-state index contributed by atoms with van der Waals surface area (Å²) in [6, 6.07) is 18.3. The molecule has 1 aliphatic carbocycles. The largest absolute Gasteiger partial charge is 0.481 e. The molecule has 2 fully saturated rings. The SMILES string of the molecule is COc1nc(-c2cccc(-c3cccc4c3CC[C@@H]4Oc3nc(OC)c(CN4CCCC(C)(CO)C4)cc3Cl)c2Cl)ccc1CNC[C@@H]1CCC(=O)N1. The fourth-order valence-corrected chi connectivity index (χ4v) is 8.55. The molecule has 10 nitrogen and oxygen atoms in total. The number of hydrogen-bond acceptors (Lipinski definition) is 9. The van der Waals surface area contributed by atoms with Crippen molar-refractivity contribution in [3.05, 3.63) is 86.9 Å². The van der Waals surface area contributed by atoms with Gasteiger partial charge >= 0.3 is 0 Å². The third kappa shape index (κ3) is 8.12. The molecule has 2 aromatic carbocycles. The van der Waals surface area contributed by atoms with Crippen LogP contribution in [0.3, 0.4) is 0 Å². The van der Waals surface area contributed by atoms with Gasteiger partial charge < -0.3 is 30.0 Å². The number of halogens is 2. The summed E-state index contributed by atoms with van der Waals surface area (Å²) in [5.41, 5.74) is 7.47. The number of aliphatic hydroxyl groups is 1. The molecular weight excluding hydrogens is 713 g/mol. The molecule has 4 aromatic rings. The maximum absolute atomic E-state index is 11.5. The molecule has 2 aliphatic heterocycles. The van der Waals surface area contributed by atoms with Gasteiger partial charge in [-0.1, -0.05) is 72.6 Å². The van der Waals surface area contributed by atoms with E-state index in [-0.39, 0.29) is 30.1 Å². The van der Waals surface area contributed by atoms with Crippen molar-refractivity contribution >= 4 is 29.1 Å². The van der Waals surface area contributed by atoms with Crippen LogP contribution in [-0.4, -0.2) is 72.4 Å². The number of amides is 1. The van der Waals surface area contributed by atoms with Crippen LogP contribution in [0, 0.1) is 5.41 Å². The quantitative estimate of drug-likeness (QED) is 0.131. The first-order valence-electron chi connectivity index (χ1n) is 18.4. The number of ether oxygens (including phenoxy) is 3. The third-order valence-corrected chi connectivity index (χ3v) is 11.4. The van der Waals surface area contributed by atoms with Crippen molar-refractivity contribution in [2.45, 2.75) is 70.7 Å². The lowest BCUT2D eigenvalue weighted by Crippen LogP contribution is -2.43. The highest BCUT2D eigenvalue weighted by Crippen LogP contribution is 2.45. The number of benzene rings is 2. The van der Waals surface area contributed by atoms with E-state index in [0.29, 0.717) is 53.7 Å². The minimum absolute atomic E-state index is 0.106. The van der Waals surface area contributed by atoms with Crippen molar-refractivity contribution in [2.24, 2.45) is 5.41 Å². The highest BCUT2D eigenvalue weighted by molar-refractivity contribution is 6.36. The zero-order valence-corrected chi connectivity index (χ0v) is 32.0. The van der Waals surface area contributed by atoms with Crippen LogP contribution in [0.4, 0.5) is 0 Å². The predicted octanol–water partition coefficient (Wildman–Crippen LogP) is 7.16. The van der Waals surface area contributed by atoms with E-state index in [1.165, 1.54) is 5.56 Å². The molecule has 0 saturated carbocycles. The van der Waals surface area contributed by atoms with Crippen molar-refractivity contribution in [3.8, 4) is 40.0 Å². The molecule has 0 radical (unpaired) electrons. The maximum atomic E-state index is 11.5. The summed E-state index contributed by atoms with van der Waals surface area (Å²) in [5, 5.41) is 17.4. The number of aromatic nitrogens is 2. The van der Waals surface area contributed by atoms with Gasteiger partial charge in [-0.15, -0.1) is 0 Å². The zero-order chi connectivity index (χ0) is 37.1. The van der Waals surface area contributed by atoms with E-state index in [0.717, 1.165) is 84.3 Å². The lowest BCUT2D eigenvalue weighted by molar-refractivity contribution is -0.119. The van der Waals surface area contributed by atoms with Gasteiger partial charge in [-0.05, 0) is 67.5 Å². The second-order valence-electron chi connectivity index (χ2n) is 14.7. The minimum atomic E-state index is -0.239. The van der Waals surface area contributed by atoms with Crippen LogP contribution in [-0.2, 0) is 24.3 Å². The van der Waals surface area contributed by atoms with Crippen LogP contribution in [0.5, 0.6) is 17.6 Å². The number of aliphatic hydroxyl groups excluding tert-OH is 1. The minimum Gasteiger partial charge on any atom is -0.481 e. The fourth-order valence-electron chi connectivity index (χ4n) is 8.00. The van der Waals surface area contributed by atoms with E-state index in [1.807, 2.05) is 42.5 Å². The van der Waals surface area contributed by atoms with Crippen molar-refractivity contribution in [2.75, 3.05) is 40.5 Å². The van der Waals surface area contributed by atoms with Crippen molar-refractivity contribution < 1.29 is 24.1 Å². The van der Waals surface area contributed by atoms with E-state index in [4.69, 9.17) is 47.4 Å². The molecule has 3 aliphatic rings. The van der Waals surface area contributed by atoms with Gasteiger partial charge in [-0.2, -0.15) is 4.98 Å². The molecular formula is C41H47Cl2N5O5. The Balaban J connectivity index is 1.08. The Morgan fingerprint density at radius 2 is 1.74 bits per heavy atom. The molecule has 1 unspecified atom stereocenters. The summed E-state index contributed by atoms with van der Waals surface area (Å²) < 4.78 is 17.9. The summed E-state index contributed by atoms with van der Waals surface area (Å²) in [4.78, 5) is 23.5. The monoisotopic (exact) mass is 759 g/mol. The molecule has 2 aromatic heterocycles. The topological polar surface area (TPSA) is 118 Å². The number of hydrogen-bond donors (Lipinski definition) is 3. The number of nitrogens with zero attached hydrogens (tertiary/aromatic N) is 3. The van der Waals surface area contributed by atoms with Crippen molar-refractivity contribution in [1.29, 1.82) is 0 Å². The first kappa shape index (κ1) is 37.4. The first-order chi connectivity index (χ1) is 25.7. The van der Waals surface area contributed by atoms with Gasteiger partial charge in [-0.25, -0.2) is 4.98 Å². The molecule has 3 atom stereocenters.